The summed E-state index contributed by atoms with van der Waals surface area (Å²) < 4.78 is 0. The van der Waals surface area contributed by atoms with Gasteiger partial charge in [-0.05, 0) is 49.7 Å². The van der Waals surface area contributed by atoms with Crippen LogP contribution in [0.2, 0.25) is 5.02 Å². The van der Waals surface area contributed by atoms with Crippen LogP contribution < -0.4 is 10.2 Å². The van der Waals surface area contributed by atoms with E-state index in [4.69, 9.17) is 11.6 Å². The number of carbonyl (C=O) groups is 3. The minimum absolute atomic E-state index is 0.176. The van der Waals surface area contributed by atoms with Gasteiger partial charge in [0.05, 0.1) is 10.7 Å². The predicted octanol–water partition coefficient (Wildman–Crippen LogP) is 4.78. The average Bonchev–Trinajstić information content (AvgIpc) is 2.99. The molecule has 0 bridgehead atoms. The molecule has 2 aromatic carbocycles. The van der Waals surface area contributed by atoms with Crippen molar-refractivity contribution in [1.29, 1.82) is 0 Å². The number of aromatic nitrogens is 1. The van der Waals surface area contributed by atoms with E-state index in [1.54, 1.807) is 42.2 Å². The smallest absolute Gasteiger partial charge is 0.321 e. The summed E-state index contributed by atoms with van der Waals surface area (Å²) in [5, 5.41) is 2.90. The van der Waals surface area contributed by atoms with Crippen LogP contribution in [0.5, 0.6) is 0 Å². The first kappa shape index (κ1) is 22.5. The first-order valence-corrected chi connectivity index (χ1v) is 10.9. The van der Waals surface area contributed by atoms with E-state index in [0.717, 1.165) is 10.5 Å². The van der Waals surface area contributed by atoms with Crippen molar-refractivity contribution >= 4 is 40.8 Å². The van der Waals surface area contributed by atoms with Gasteiger partial charge in [-0.25, -0.2) is 9.69 Å². The van der Waals surface area contributed by atoms with E-state index in [-0.39, 0.29) is 28.2 Å². The quantitative estimate of drug-likeness (QED) is 0.534. The van der Waals surface area contributed by atoms with Crippen molar-refractivity contribution in [1.82, 2.24) is 9.88 Å². The molecule has 1 atom stereocenters. The van der Waals surface area contributed by atoms with Crippen molar-refractivity contribution in [2.24, 2.45) is 0 Å². The number of urea groups is 1. The molecule has 168 valence electrons. The maximum Gasteiger partial charge on any atom is 0.332 e. The topological polar surface area (TPSA) is 82.6 Å². The largest absolute Gasteiger partial charge is 0.332 e. The molecule has 1 unspecified atom stereocenters. The van der Waals surface area contributed by atoms with Gasteiger partial charge >= 0.3 is 6.03 Å². The van der Waals surface area contributed by atoms with Crippen molar-refractivity contribution in [3.63, 3.8) is 0 Å². The fraction of sp³-hybridized carbons (Fsp3) is 0.200. The number of nitrogens with one attached hydrogen (secondary N) is 1. The minimum Gasteiger partial charge on any atom is -0.321 e. The molecule has 0 radical (unpaired) electrons. The van der Waals surface area contributed by atoms with Crippen molar-refractivity contribution in [3.05, 3.63) is 89.2 Å². The number of halogens is 1. The van der Waals surface area contributed by atoms with E-state index >= 15 is 0 Å². The van der Waals surface area contributed by atoms with Crippen LogP contribution in [0.4, 0.5) is 16.2 Å². The summed E-state index contributed by atoms with van der Waals surface area (Å²) in [7, 11) is 0. The maximum absolute atomic E-state index is 13.5. The first-order valence-electron chi connectivity index (χ1n) is 10.6. The lowest BCUT2D eigenvalue weighted by Gasteiger charge is -2.30. The SMILES string of the molecule is CCN1C(=O)N(c2ccc(NC(=O)c3ccccn3)cc2Cl)C(=O)C1(C)Cc1ccccc1. The highest BCUT2D eigenvalue weighted by Gasteiger charge is 2.54. The fourth-order valence-electron chi connectivity index (χ4n) is 4.09. The van der Waals surface area contributed by atoms with Crippen LogP contribution in [0.3, 0.4) is 0 Å². The van der Waals surface area contributed by atoms with E-state index in [1.807, 2.05) is 37.3 Å². The Morgan fingerprint density at radius 2 is 1.79 bits per heavy atom. The number of nitrogens with zero attached hydrogens (tertiary/aromatic N) is 3. The molecule has 4 amide bonds. The summed E-state index contributed by atoms with van der Waals surface area (Å²) in [5.74, 6) is -0.731. The lowest BCUT2D eigenvalue weighted by molar-refractivity contribution is -0.124. The van der Waals surface area contributed by atoms with Gasteiger partial charge in [-0.2, -0.15) is 0 Å². The second kappa shape index (κ2) is 9.03. The fourth-order valence-corrected chi connectivity index (χ4v) is 4.36. The van der Waals surface area contributed by atoms with Gasteiger partial charge in [0.2, 0.25) is 0 Å². The van der Waals surface area contributed by atoms with Gasteiger partial charge in [0.15, 0.2) is 0 Å². The van der Waals surface area contributed by atoms with E-state index in [9.17, 15) is 14.4 Å². The highest BCUT2D eigenvalue weighted by atomic mass is 35.5. The molecule has 8 heteroatoms. The lowest BCUT2D eigenvalue weighted by atomic mass is 9.91. The predicted molar refractivity (Wildman–Crippen MR) is 127 cm³/mol. The van der Waals surface area contributed by atoms with Gasteiger partial charge in [0.25, 0.3) is 11.8 Å². The third-order valence-corrected chi connectivity index (χ3v) is 6.04. The number of likely N-dealkylation sites (N-methyl/N-ethyl adjacent to an activating group) is 1. The molecule has 0 saturated carbocycles. The Balaban J connectivity index is 1.61. The first-order chi connectivity index (χ1) is 15.8. The number of pyridine rings is 1. The molecule has 1 aliphatic heterocycles. The van der Waals surface area contributed by atoms with Gasteiger partial charge in [-0.15, -0.1) is 0 Å². The maximum atomic E-state index is 13.5. The zero-order chi connectivity index (χ0) is 23.6. The highest BCUT2D eigenvalue weighted by Crippen LogP contribution is 2.38. The van der Waals surface area contributed by atoms with E-state index in [0.29, 0.717) is 18.7 Å². The Labute approximate surface area is 197 Å². The Kier molecular flexibility index (Phi) is 6.16. The number of benzene rings is 2. The average molecular weight is 463 g/mol. The van der Waals surface area contributed by atoms with Crippen LogP contribution in [0, 0.1) is 0 Å². The molecule has 1 aliphatic rings. The van der Waals surface area contributed by atoms with Gasteiger partial charge in [0, 0.05) is 24.8 Å². The lowest BCUT2D eigenvalue weighted by Crippen LogP contribution is -2.48. The Hall–Kier alpha value is -3.71. The zero-order valence-corrected chi connectivity index (χ0v) is 19.0. The van der Waals surface area contributed by atoms with Crippen molar-refractivity contribution in [2.75, 3.05) is 16.8 Å². The number of amides is 4. The normalized spacial score (nSPS) is 18.0. The molecule has 4 rings (SSSR count). The number of carbonyl (C=O) groups excluding carboxylic acids is 3. The highest BCUT2D eigenvalue weighted by molar-refractivity contribution is 6.36. The number of rotatable bonds is 6. The van der Waals surface area contributed by atoms with Crippen molar-refractivity contribution < 1.29 is 14.4 Å². The molecule has 1 N–H and O–H groups in total. The molecule has 7 nitrogen and oxygen atoms in total. The van der Waals surface area contributed by atoms with Crippen LogP contribution in [-0.2, 0) is 11.2 Å². The summed E-state index contributed by atoms with van der Waals surface area (Å²) in [6, 6.07) is 18.9. The number of hydrogen-bond donors (Lipinski definition) is 1. The van der Waals surface area contributed by atoms with Crippen LogP contribution in [0.1, 0.15) is 29.9 Å². The zero-order valence-electron chi connectivity index (χ0n) is 18.3. The van der Waals surface area contributed by atoms with Gasteiger partial charge < -0.3 is 10.2 Å². The molecule has 0 spiro atoms. The molecular formula is C25H23ClN4O3. The van der Waals surface area contributed by atoms with E-state index < -0.39 is 11.6 Å². The monoisotopic (exact) mass is 462 g/mol. The van der Waals surface area contributed by atoms with E-state index in [1.165, 1.54) is 12.3 Å². The molecule has 33 heavy (non-hydrogen) atoms. The summed E-state index contributed by atoms with van der Waals surface area (Å²) >= 11 is 6.48. The second-order valence-corrected chi connectivity index (χ2v) is 8.35. The van der Waals surface area contributed by atoms with Crippen LogP contribution >= 0.6 is 11.6 Å². The number of anilines is 2. The minimum atomic E-state index is -1.04. The summed E-state index contributed by atoms with van der Waals surface area (Å²) in [4.78, 5) is 45.9. The molecule has 1 saturated heterocycles. The number of hydrogen-bond acceptors (Lipinski definition) is 4. The standard InChI is InChI=1S/C25H23ClN4O3/c1-3-29-24(33)30(23(32)25(29,2)16-17-9-5-4-6-10-17)21-13-12-18(15-19(21)26)28-22(31)20-11-7-8-14-27-20/h4-15H,3,16H2,1-2H3,(H,28,31). The van der Waals surface area contributed by atoms with Crippen molar-refractivity contribution in [3.8, 4) is 0 Å². The molecule has 1 aromatic heterocycles. The molecular weight excluding hydrogens is 440 g/mol. The van der Waals surface area contributed by atoms with Gasteiger partial charge in [-0.3, -0.25) is 14.6 Å². The third kappa shape index (κ3) is 4.19. The Morgan fingerprint density at radius 1 is 1.06 bits per heavy atom. The number of imide groups is 1. The molecule has 2 heterocycles. The van der Waals surface area contributed by atoms with Crippen molar-refractivity contribution in [2.45, 2.75) is 25.8 Å². The summed E-state index contributed by atoms with van der Waals surface area (Å²) in [6.07, 6.45) is 1.92. The summed E-state index contributed by atoms with van der Waals surface area (Å²) in [5.41, 5.74) is 0.885. The second-order valence-electron chi connectivity index (χ2n) is 7.94. The van der Waals surface area contributed by atoms with Gasteiger partial charge in [-0.1, -0.05) is 48.0 Å². The molecule has 1 fully saturated rings. The van der Waals surface area contributed by atoms with E-state index in [2.05, 4.69) is 10.3 Å². The van der Waals surface area contributed by atoms with Crippen LogP contribution in [-0.4, -0.2) is 39.8 Å². The van der Waals surface area contributed by atoms with Gasteiger partial charge in [0.1, 0.15) is 11.2 Å². The van der Waals surface area contributed by atoms with Crippen LogP contribution in [0.15, 0.2) is 72.9 Å². The summed E-state index contributed by atoms with van der Waals surface area (Å²) in [6.45, 7) is 4.00. The molecule has 0 aliphatic carbocycles. The molecule has 3 aromatic rings. The third-order valence-electron chi connectivity index (χ3n) is 5.73. The van der Waals surface area contributed by atoms with Crippen LogP contribution in [0.25, 0.3) is 0 Å². The Bertz CT molecular complexity index is 1200. The Morgan fingerprint density at radius 3 is 2.42 bits per heavy atom.